The first-order valence-corrected chi connectivity index (χ1v) is 9.59. The highest BCUT2D eigenvalue weighted by molar-refractivity contribution is 5.73. The molecule has 6 nitrogen and oxygen atoms in total. The molecule has 1 aromatic carbocycles. The van der Waals surface area contributed by atoms with Gasteiger partial charge in [0.2, 0.25) is 11.9 Å². The van der Waals surface area contributed by atoms with Crippen LogP contribution >= 0.6 is 0 Å². The highest BCUT2D eigenvalue weighted by Crippen LogP contribution is 2.25. The van der Waals surface area contributed by atoms with Gasteiger partial charge in [0.25, 0.3) is 0 Å². The summed E-state index contributed by atoms with van der Waals surface area (Å²) in [5.41, 5.74) is 2.29. The number of anilines is 1. The molecule has 1 aromatic heterocycles. The Morgan fingerprint density at radius 1 is 1.15 bits per heavy atom. The largest absolute Gasteiger partial charge is 0.352 e. The topological polar surface area (TPSA) is 70.2 Å². The van der Waals surface area contributed by atoms with Crippen LogP contribution in [0.3, 0.4) is 0 Å². The summed E-state index contributed by atoms with van der Waals surface area (Å²) in [6.07, 6.45) is 3.77. The van der Waals surface area contributed by atoms with E-state index in [1.165, 1.54) is 5.56 Å². The number of hydrogen-bond acceptors (Lipinski definition) is 5. The van der Waals surface area contributed by atoms with Crippen molar-refractivity contribution >= 4 is 11.9 Å². The van der Waals surface area contributed by atoms with Crippen LogP contribution in [0.5, 0.6) is 0 Å². The number of amides is 1. The van der Waals surface area contributed by atoms with Gasteiger partial charge in [-0.05, 0) is 17.4 Å². The van der Waals surface area contributed by atoms with Crippen molar-refractivity contribution < 1.29 is 4.79 Å². The number of benzene rings is 1. The van der Waals surface area contributed by atoms with Crippen molar-refractivity contribution in [1.82, 2.24) is 20.2 Å². The van der Waals surface area contributed by atoms with E-state index < -0.39 is 0 Å². The van der Waals surface area contributed by atoms with Crippen LogP contribution in [0.25, 0.3) is 0 Å². The molecule has 0 spiro atoms. The second-order valence-corrected chi connectivity index (χ2v) is 7.66. The highest BCUT2D eigenvalue weighted by Gasteiger charge is 2.34. The summed E-state index contributed by atoms with van der Waals surface area (Å²) in [7, 11) is 0. The number of nitrogens with one attached hydrogen (secondary N) is 2. The quantitative estimate of drug-likeness (QED) is 0.787. The lowest BCUT2D eigenvalue weighted by Crippen LogP contribution is -2.40. The minimum absolute atomic E-state index is 0.0460. The predicted octanol–water partition coefficient (Wildman–Crippen LogP) is 2.68. The van der Waals surface area contributed by atoms with E-state index in [-0.39, 0.29) is 11.9 Å². The Bertz CT molecular complexity index is 732. The van der Waals surface area contributed by atoms with Crippen molar-refractivity contribution in [2.75, 3.05) is 18.4 Å². The number of rotatable bonds is 7. The van der Waals surface area contributed by atoms with Gasteiger partial charge in [-0.15, -0.1) is 0 Å². The highest BCUT2D eigenvalue weighted by atomic mass is 16.1. The minimum atomic E-state index is 0.0460. The minimum Gasteiger partial charge on any atom is -0.352 e. The lowest BCUT2D eigenvalue weighted by atomic mass is 9.91. The molecule has 2 aromatic rings. The number of nitrogens with zero attached hydrogens (tertiary/aromatic N) is 3. The van der Waals surface area contributed by atoms with Crippen LogP contribution in [0.4, 0.5) is 5.95 Å². The molecule has 1 amide bonds. The van der Waals surface area contributed by atoms with Gasteiger partial charge in [0, 0.05) is 57.1 Å². The number of hydrogen-bond donors (Lipinski definition) is 2. The Labute approximate surface area is 161 Å². The first-order chi connectivity index (χ1) is 13.0. The van der Waals surface area contributed by atoms with Gasteiger partial charge in [-0.25, -0.2) is 9.97 Å². The number of carbonyl (C=O) groups is 1. The molecule has 1 aliphatic heterocycles. The van der Waals surface area contributed by atoms with Crippen molar-refractivity contribution in [2.24, 2.45) is 11.8 Å². The van der Waals surface area contributed by atoms with Gasteiger partial charge in [-0.1, -0.05) is 44.2 Å². The molecule has 1 fully saturated rings. The van der Waals surface area contributed by atoms with E-state index in [1.54, 1.807) is 6.92 Å². The fourth-order valence-electron chi connectivity index (χ4n) is 3.69. The molecule has 1 aliphatic rings. The molecule has 0 bridgehead atoms. The third-order valence-electron chi connectivity index (χ3n) is 5.09. The van der Waals surface area contributed by atoms with Crippen LogP contribution in [0.15, 0.2) is 42.7 Å². The molecule has 2 N–H and O–H groups in total. The maximum absolute atomic E-state index is 11.5. The molecule has 1 saturated heterocycles. The molecule has 27 heavy (non-hydrogen) atoms. The second kappa shape index (κ2) is 8.95. The Kier molecular flexibility index (Phi) is 6.40. The lowest BCUT2D eigenvalue weighted by molar-refractivity contribution is -0.119. The van der Waals surface area contributed by atoms with E-state index >= 15 is 0 Å². The van der Waals surface area contributed by atoms with Crippen LogP contribution in [0.2, 0.25) is 0 Å². The van der Waals surface area contributed by atoms with Gasteiger partial charge >= 0.3 is 0 Å². The van der Waals surface area contributed by atoms with Crippen LogP contribution in [-0.4, -0.2) is 39.9 Å². The van der Waals surface area contributed by atoms with E-state index in [0.717, 1.165) is 25.2 Å². The van der Waals surface area contributed by atoms with Gasteiger partial charge < -0.3 is 10.6 Å². The molecule has 2 heterocycles. The molecular formula is C21H29N5O. The average Bonchev–Trinajstić information content (AvgIpc) is 3.04. The standard InChI is InChI=1S/C21H29N5O/c1-15(2)19-13-26(14-20(19)25-16(3)27)12-18-10-23-21(24-11-18)22-9-17-7-5-4-6-8-17/h4-8,10-11,15,19-20H,9,12-14H2,1-3H3,(H,25,27)(H,22,23,24)/t19-,20+/m0/s1. The Morgan fingerprint density at radius 2 is 1.85 bits per heavy atom. The second-order valence-electron chi connectivity index (χ2n) is 7.66. The van der Waals surface area contributed by atoms with Crippen LogP contribution in [0.1, 0.15) is 31.9 Å². The summed E-state index contributed by atoms with van der Waals surface area (Å²) in [5.74, 6) is 1.69. The maximum atomic E-state index is 11.5. The summed E-state index contributed by atoms with van der Waals surface area (Å²) < 4.78 is 0. The van der Waals surface area contributed by atoms with Crippen molar-refractivity contribution in [2.45, 2.75) is 39.9 Å². The fourth-order valence-corrected chi connectivity index (χ4v) is 3.69. The molecule has 0 aliphatic carbocycles. The smallest absolute Gasteiger partial charge is 0.222 e. The number of aromatic nitrogens is 2. The third-order valence-corrected chi connectivity index (χ3v) is 5.09. The summed E-state index contributed by atoms with van der Waals surface area (Å²) in [6, 6.07) is 10.4. The van der Waals surface area contributed by atoms with Crippen molar-refractivity contribution in [3.63, 3.8) is 0 Å². The first-order valence-electron chi connectivity index (χ1n) is 9.59. The van der Waals surface area contributed by atoms with Crippen LogP contribution < -0.4 is 10.6 Å². The van der Waals surface area contributed by atoms with Crippen molar-refractivity contribution in [1.29, 1.82) is 0 Å². The van der Waals surface area contributed by atoms with E-state index in [2.05, 4.69) is 51.5 Å². The van der Waals surface area contributed by atoms with E-state index in [0.29, 0.717) is 24.3 Å². The molecule has 3 rings (SSSR count). The van der Waals surface area contributed by atoms with E-state index in [1.807, 2.05) is 30.6 Å². The van der Waals surface area contributed by atoms with Gasteiger partial charge in [-0.2, -0.15) is 0 Å². The molecular weight excluding hydrogens is 338 g/mol. The van der Waals surface area contributed by atoms with Gasteiger partial charge in [-0.3, -0.25) is 9.69 Å². The molecule has 2 atom stereocenters. The number of likely N-dealkylation sites (tertiary alicyclic amines) is 1. The summed E-state index contributed by atoms with van der Waals surface area (Å²) in [5, 5.41) is 6.36. The SMILES string of the molecule is CC(=O)N[C@@H]1CN(Cc2cnc(NCc3ccccc3)nc2)C[C@H]1C(C)C. The molecule has 144 valence electrons. The van der Waals surface area contributed by atoms with Gasteiger partial charge in [0.05, 0.1) is 0 Å². The Morgan fingerprint density at radius 3 is 2.48 bits per heavy atom. The molecule has 0 saturated carbocycles. The van der Waals surface area contributed by atoms with E-state index in [9.17, 15) is 4.79 Å². The van der Waals surface area contributed by atoms with Gasteiger partial charge in [0.15, 0.2) is 0 Å². The zero-order valence-electron chi connectivity index (χ0n) is 16.4. The van der Waals surface area contributed by atoms with Gasteiger partial charge in [0.1, 0.15) is 0 Å². The lowest BCUT2D eigenvalue weighted by Gasteiger charge is -2.22. The fraction of sp³-hybridized carbons (Fsp3) is 0.476. The third kappa shape index (κ3) is 5.50. The maximum Gasteiger partial charge on any atom is 0.222 e. The first kappa shape index (κ1) is 19.3. The normalized spacial score (nSPS) is 20.0. The Balaban J connectivity index is 1.54. The molecule has 0 unspecified atom stereocenters. The summed E-state index contributed by atoms with van der Waals surface area (Å²) >= 11 is 0. The molecule has 6 heteroatoms. The Hall–Kier alpha value is -2.47. The van der Waals surface area contributed by atoms with E-state index in [4.69, 9.17) is 0 Å². The van der Waals surface area contributed by atoms with Crippen LogP contribution in [0, 0.1) is 11.8 Å². The summed E-state index contributed by atoms with van der Waals surface area (Å²) in [4.78, 5) is 22.7. The predicted molar refractivity (Wildman–Crippen MR) is 107 cm³/mol. The average molecular weight is 367 g/mol. The number of carbonyl (C=O) groups excluding carboxylic acids is 1. The zero-order chi connectivity index (χ0) is 19.2. The van der Waals surface area contributed by atoms with Crippen LogP contribution in [-0.2, 0) is 17.9 Å². The monoisotopic (exact) mass is 367 g/mol. The summed E-state index contributed by atoms with van der Waals surface area (Å²) in [6.45, 7) is 9.40. The molecule has 0 radical (unpaired) electrons. The van der Waals surface area contributed by atoms with Crippen molar-refractivity contribution in [3.05, 3.63) is 53.9 Å². The van der Waals surface area contributed by atoms with Crippen molar-refractivity contribution in [3.8, 4) is 0 Å². The zero-order valence-corrected chi connectivity index (χ0v) is 16.4.